The Morgan fingerprint density at radius 2 is 1.69 bits per heavy atom. The van der Waals surface area contributed by atoms with Crippen LogP contribution in [0.5, 0.6) is 0 Å². The molecule has 5 aromatic heterocycles. The summed E-state index contributed by atoms with van der Waals surface area (Å²) in [6.07, 6.45) is -4.70. The van der Waals surface area contributed by atoms with E-state index in [1.807, 2.05) is 39.9 Å². The average molecular weight is 1140 g/mol. The van der Waals surface area contributed by atoms with Crippen molar-refractivity contribution in [2.24, 2.45) is 0 Å². The van der Waals surface area contributed by atoms with Gasteiger partial charge in [-0.1, -0.05) is 51.1 Å². The van der Waals surface area contributed by atoms with Crippen molar-refractivity contribution in [1.82, 2.24) is 43.0 Å². The normalized spacial score (nSPS) is 22.9. The molecule has 26 nitrogen and oxygen atoms in total. The van der Waals surface area contributed by atoms with Gasteiger partial charge in [-0.2, -0.15) is 10.2 Å². The molecule has 0 radical (unpaired) electrons. The fourth-order valence-corrected chi connectivity index (χ4v) is 12.4. The van der Waals surface area contributed by atoms with Gasteiger partial charge in [0.25, 0.3) is 17.2 Å². The number of nitro groups is 1. The number of aromatic nitrogens is 9. The third-order valence-corrected chi connectivity index (χ3v) is 20.8. The molecule has 7 heterocycles. The van der Waals surface area contributed by atoms with Crippen LogP contribution in [0.2, 0.25) is 18.1 Å². The number of carbonyl (C=O) groups is 1. The van der Waals surface area contributed by atoms with Crippen LogP contribution in [0.15, 0.2) is 90.8 Å². The number of anilines is 1. The number of non-ortho nitro benzene ring substituents is 1. The molecule has 10 atom stereocenters. The monoisotopic (exact) mass is 1140 g/mol. The van der Waals surface area contributed by atoms with E-state index in [9.17, 15) is 39.5 Å². The van der Waals surface area contributed by atoms with E-state index in [2.05, 4.69) is 25.3 Å². The lowest BCUT2D eigenvalue weighted by Gasteiger charge is -2.41. The van der Waals surface area contributed by atoms with Gasteiger partial charge < -0.3 is 37.9 Å². The van der Waals surface area contributed by atoms with E-state index in [4.69, 9.17) is 48.8 Å². The highest BCUT2D eigenvalue weighted by molar-refractivity contribution is 8.07. The van der Waals surface area contributed by atoms with Crippen LogP contribution in [-0.2, 0) is 61.3 Å². The summed E-state index contributed by atoms with van der Waals surface area (Å²) in [5.74, 6) is -0.236. The summed E-state index contributed by atoms with van der Waals surface area (Å²) >= 11 is 6.02. The SMILES string of the molecule is CC(C)(C)[Si](C)(C)O[C@@H]1[C@H](OP(=S)(OCCC#N)OC[C@H]2O[C@@H](n3cnc4c(NC(=O)c5ccccc5)ncnc43)[C@H](F)[C@@H]2O[P+](=O)O)[C@@H](CO)O[C@H]1n1cnc2c(=O)n3ccn(CCc4ccc([N+](=O)[O-])cc4)c3nc21. The molecule has 2 unspecified atom stereocenters. The summed E-state index contributed by atoms with van der Waals surface area (Å²) in [4.78, 5) is 69.8. The number of halogens is 1. The Balaban J connectivity index is 1.01. The van der Waals surface area contributed by atoms with Gasteiger partial charge in [0, 0.05) is 41.2 Å². The molecule has 0 spiro atoms. The molecule has 7 aromatic rings. The minimum atomic E-state index is -4.20. The van der Waals surface area contributed by atoms with Crippen LogP contribution in [0.25, 0.3) is 28.1 Å². The van der Waals surface area contributed by atoms with Crippen molar-refractivity contribution in [3.63, 3.8) is 0 Å². The second-order valence-corrected chi connectivity index (χ2v) is 27.8. The van der Waals surface area contributed by atoms with E-state index in [0.29, 0.717) is 18.5 Å². The van der Waals surface area contributed by atoms with Crippen molar-refractivity contribution in [2.45, 2.75) is 107 Å². The van der Waals surface area contributed by atoms with Gasteiger partial charge in [-0.05, 0) is 54.1 Å². The Labute approximate surface area is 444 Å². The number of alkyl halides is 1. The van der Waals surface area contributed by atoms with Gasteiger partial charge in [0.1, 0.15) is 30.7 Å². The lowest BCUT2D eigenvalue weighted by atomic mass is 10.1. The van der Waals surface area contributed by atoms with Crippen LogP contribution in [0.4, 0.5) is 15.9 Å². The summed E-state index contributed by atoms with van der Waals surface area (Å²) < 4.78 is 78.7. The zero-order valence-electron chi connectivity index (χ0n) is 41.8. The molecule has 0 bridgehead atoms. The fourth-order valence-electron chi connectivity index (χ4n) is 8.56. The number of aryl methyl sites for hydroxylation is 2. The smallest absolute Gasteiger partial charge is 0.407 e. The zero-order chi connectivity index (χ0) is 55.0. The Hall–Kier alpha value is -6.22. The van der Waals surface area contributed by atoms with E-state index < -0.39 is 107 Å². The van der Waals surface area contributed by atoms with Gasteiger partial charge >= 0.3 is 15.0 Å². The highest BCUT2D eigenvalue weighted by Crippen LogP contribution is 2.56. The van der Waals surface area contributed by atoms with Crippen molar-refractivity contribution in [1.29, 1.82) is 5.26 Å². The number of aliphatic hydroxyl groups excluding tert-OH is 1. The first-order valence-corrected chi connectivity index (χ1v) is 30.5. The molecule has 77 heavy (non-hydrogen) atoms. The zero-order valence-corrected chi connectivity index (χ0v) is 45.4. The number of fused-ring (bicyclic) bond motifs is 3. The largest absolute Gasteiger partial charge is 0.695 e. The Bertz CT molecular complexity index is 3490. The van der Waals surface area contributed by atoms with Crippen molar-refractivity contribution in [3.8, 4) is 6.07 Å². The average Bonchev–Trinajstić information content (AvgIpc) is 4.26. The van der Waals surface area contributed by atoms with E-state index in [-0.39, 0.29) is 52.6 Å². The molecule has 0 saturated carbocycles. The minimum Gasteiger partial charge on any atom is -0.407 e. The lowest BCUT2D eigenvalue weighted by Crippen LogP contribution is -2.49. The molecular formula is C46H52FN12O14P2SSi+. The number of nitrogens with one attached hydrogen (secondary N) is 1. The van der Waals surface area contributed by atoms with Gasteiger partial charge in [0.05, 0.1) is 49.9 Å². The maximum Gasteiger partial charge on any atom is 0.695 e. The van der Waals surface area contributed by atoms with Crippen LogP contribution in [0.3, 0.4) is 0 Å². The molecule has 2 aliphatic rings. The van der Waals surface area contributed by atoms with E-state index >= 15 is 4.39 Å². The van der Waals surface area contributed by atoms with Crippen LogP contribution in [0.1, 0.15) is 55.6 Å². The number of benzene rings is 2. The number of rotatable bonds is 21. The third-order valence-electron chi connectivity index (χ3n) is 13.5. The van der Waals surface area contributed by atoms with Gasteiger partial charge in [0.2, 0.25) is 5.78 Å². The summed E-state index contributed by atoms with van der Waals surface area (Å²) in [5, 5.41) is 34.0. The van der Waals surface area contributed by atoms with Crippen LogP contribution in [0, 0.1) is 21.4 Å². The van der Waals surface area contributed by atoms with Crippen LogP contribution in [-0.4, -0.2) is 129 Å². The predicted octanol–water partition coefficient (Wildman–Crippen LogP) is 6.20. The summed E-state index contributed by atoms with van der Waals surface area (Å²) in [6, 6.07) is 16.4. The maximum absolute atomic E-state index is 16.7. The number of hydrogen-bond donors (Lipinski definition) is 3. The van der Waals surface area contributed by atoms with Crippen LogP contribution < -0.4 is 10.9 Å². The Morgan fingerprint density at radius 1 is 0.987 bits per heavy atom. The van der Waals surface area contributed by atoms with E-state index in [1.165, 1.54) is 38.3 Å². The quantitative estimate of drug-likeness (QED) is 0.0237. The number of aliphatic hydroxyl groups is 1. The number of hydrogen-bond acceptors (Lipinski definition) is 20. The first kappa shape index (κ1) is 55.5. The molecule has 2 saturated heterocycles. The number of amides is 1. The van der Waals surface area contributed by atoms with Gasteiger partial charge in [-0.3, -0.25) is 33.4 Å². The molecule has 406 valence electrons. The molecule has 2 aromatic carbocycles. The molecule has 2 fully saturated rings. The second kappa shape index (κ2) is 22.6. The highest BCUT2D eigenvalue weighted by atomic mass is 32.5. The Kier molecular flexibility index (Phi) is 16.3. The predicted molar refractivity (Wildman–Crippen MR) is 277 cm³/mol. The topological polar surface area (TPSA) is 319 Å². The standard InChI is InChI=1S/C46H51FN12O14P2SSi/c1-46(2,3)77(4,5)73-37-36(30(22-60)69-44(37)58-26-52-34-40(58)54-45-55(19-20-56(45)42(34)62)18-16-27-12-14-29(15-13-27)59(63)64)72-75(76,67-21-9-17-48)68-23-31-35(71-74(65)66)32(47)43(70-31)57-25-51-33-38(49-24-50-39(33)57)53-41(61)28-10-7-6-8-11-28/h6-8,10-15,19-20,24-26,30-32,35-37,43-44,60H,9,16,18,21-23H2,1-5H3,(H-,49,50,53,61,65,66)/p+1/t30-,31-,32-,35-,36-,37-,43-,44-,75?/m1/s1. The van der Waals surface area contributed by atoms with Crippen LogP contribution >= 0.6 is 15.0 Å². The summed E-state index contributed by atoms with van der Waals surface area (Å²) in [7, 11) is -6.28. The molecule has 3 N–H and O–H groups in total. The number of ether oxygens (including phenoxy) is 2. The molecule has 31 heteroatoms. The van der Waals surface area contributed by atoms with Gasteiger partial charge in [0.15, 0.2) is 61.2 Å². The summed E-state index contributed by atoms with van der Waals surface area (Å²) in [5.41, 5.74) is 0.794. The molecule has 1 amide bonds. The first-order valence-electron chi connectivity index (χ1n) is 23.9. The maximum atomic E-state index is 16.7. The number of carbonyl (C=O) groups excluding carboxylic acids is 1. The van der Waals surface area contributed by atoms with Gasteiger partial charge in [-0.25, -0.2) is 28.7 Å². The van der Waals surface area contributed by atoms with Crippen molar-refractivity contribution in [2.75, 3.05) is 25.1 Å². The molecule has 0 aliphatic carbocycles. The highest BCUT2D eigenvalue weighted by Gasteiger charge is 2.55. The van der Waals surface area contributed by atoms with Gasteiger partial charge in [-0.15, -0.1) is 9.42 Å². The number of nitro benzene ring substituents is 1. The third kappa shape index (κ3) is 11.5. The fraction of sp³-hybridized carbons (Fsp3) is 0.435. The summed E-state index contributed by atoms with van der Waals surface area (Å²) in [6.45, 7) is 4.46. The van der Waals surface area contributed by atoms with E-state index in [1.54, 1.807) is 59.4 Å². The van der Waals surface area contributed by atoms with Crippen molar-refractivity contribution >= 4 is 80.6 Å². The lowest BCUT2D eigenvalue weighted by molar-refractivity contribution is -0.384. The molecular weight excluding hydrogens is 1090 g/mol. The molecule has 9 rings (SSSR count). The number of nitrogens with zero attached hydrogens (tertiary/aromatic N) is 11. The molecule has 2 aliphatic heterocycles. The first-order chi connectivity index (χ1) is 36.7. The van der Waals surface area contributed by atoms with Crippen molar-refractivity contribution < 1.29 is 60.7 Å². The number of nitriles is 1. The van der Waals surface area contributed by atoms with Crippen molar-refractivity contribution in [3.05, 3.63) is 118 Å². The number of imidazole rings is 3. The minimum absolute atomic E-state index is 0.0116. The second-order valence-electron chi connectivity index (χ2n) is 19.4. The Morgan fingerprint density at radius 3 is 2.36 bits per heavy atom. The van der Waals surface area contributed by atoms with E-state index in [0.717, 1.165) is 11.9 Å².